The first-order valence-electron chi connectivity index (χ1n) is 6.19. The zero-order valence-electron chi connectivity index (χ0n) is 10.7. The van der Waals surface area contributed by atoms with E-state index in [4.69, 9.17) is 23.2 Å². The van der Waals surface area contributed by atoms with Gasteiger partial charge >= 0.3 is 0 Å². The van der Waals surface area contributed by atoms with Crippen LogP contribution in [0.4, 0.5) is 11.4 Å². The zero-order valence-corrected chi connectivity index (χ0v) is 12.2. The van der Waals surface area contributed by atoms with Crippen LogP contribution in [0.3, 0.4) is 0 Å². The summed E-state index contributed by atoms with van der Waals surface area (Å²) in [5.74, 6) is -0.0382. The summed E-state index contributed by atoms with van der Waals surface area (Å²) in [6.07, 6.45) is 0.370. The molecule has 0 aromatic heterocycles. The SMILES string of the molecule is O=C(CCNc1ccc(Cl)c(Cl)c1)Nc1ccccc1. The average molecular weight is 309 g/mol. The first-order chi connectivity index (χ1) is 9.65. The lowest BCUT2D eigenvalue weighted by Crippen LogP contribution is -2.16. The van der Waals surface area contributed by atoms with Crippen molar-refractivity contribution in [1.29, 1.82) is 0 Å². The zero-order chi connectivity index (χ0) is 14.4. The molecule has 0 spiro atoms. The van der Waals surface area contributed by atoms with Gasteiger partial charge in [0.05, 0.1) is 10.0 Å². The minimum Gasteiger partial charge on any atom is -0.384 e. The van der Waals surface area contributed by atoms with Gasteiger partial charge in [-0.2, -0.15) is 0 Å². The average Bonchev–Trinajstić information content (AvgIpc) is 2.44. The number of benzene rings is 2. The van der Waals surface area contributed by atoms with Crippen molar-refractivity contribution < 1.29 is 4.79 Å². The van der Waals surface area contributed by atoms with E-state index in [1.165, 1.54) is 0 Å². The molecule has 0 aliphatic heterocycles. The fourth-order valence-corrected chi connectivity index (χ4v) is 1.97. The highest BCUT2D eigenvalue weighted by atomic mass is 35.5. The highest BCUT2D eigenvalue weighted by molar-refractivity contribution is 6.42. The smallest absolute Gasteiger partial charge is 0.226 e. The van der Waals surface area contributed by atoms with E-state index in [1.54, 1.807) is 12.1 Å². The maximum Gasteiger partial charge on any atom is 0.226 e. The lowest BCUT2D eigenvalue weighted by molar-refractivity contribution is -0.115. The molecule has 2 rings (SSSR count). The standard InChI is InChI=1S/C15H14Cl2N2O/c16-13-7-6-12(10-14(13)17)18-9-8-15(20)19-11-4-2-1-3-5-11/h1-7,10,18H,8-9H2,(H,19,20). The summed E-state index contributed by atoms with van der Waals surface area (Å²) >= 11 is 11.7. The Balaban J connectivity index is 1.78. The van der Waals surface area contributed by atoms with Gasteiger partial charge in [-0.15, -0.1) is 0 Å². The second-order valence-corrected chi connectivity index (χ2v) is 5.03. The van der Waals surface area contributed by atoms with Gasteiger partial charge in [0, 0.05) is 24.3 Å². The van der Waals surface area contributed by atoms with Crippen molar-refractivity contribution in [3.63, 3.8) is 0 Å². The number of para-hydroxylation sites is 1. The molecule has 5 heteroatoms. The molecule has 3 nitrogen and oxygen atoms in total. The third-order valence-corrected chi connectivity index (χ3v) is 3.40. The van der Waals surface area contributed by atoms with Crippen LogP contribution in [0.1, 0.15) is 6.42 Å². The third-order valence-electron chi connectivity index (χ3n) is 2.66. The van der Waals surface area contributed by atoms with Crippen molar-refractivity contribution in [2.45, 2.75) is 6.42 Å². The number of anilines is 2. The summed E-state index contributed by atoms with van der Waals surface area (Å²) in [6, 6.07) is 14.6. The molecule has 20 heavy (non-hydrogen) atoms. The van der Waals surface area contributed by atoms with E-state index < -0.39 is 0 Å². The van der Waals surface area contributed by atoms with Crippen molar-refractivity contribution in [2.24, 2.45) is 0 Å². The predicted molar refractivity (Wildman–Crippen MR) is 84.6 cm³/mol. The van der Waals surface area contributed by atoms with Gasteiger partial charge in [-0.1, -0.05) is 41.4 Å². The minimum absolute atomic E-state index is 0.0382. The molecule has 0 atom stereocenters. The summed E-state index contributed by atoms with van der Waals surface area (Å²) in [6.45, 7) is 0.524. The van der Waals surface area contributed by atoms with Crippen LogP contribution in [0.15, 0.2) is 48.5 Å². The fraction of sp³-hybridized carbons (Fsp3) is 0.133. The highest BCUT2D eigenvalue weighted by Gasteiger charge is 2.03. The van der Waals surface area contributed by atoms with Crippen molar-refractivity contribution in [3.8, 4) is 0 Å². The van der Waals surface area contributed by atoms with E-state index in [9.17, 15) is 4.79 Å². The number of rotatable bonds is 5. The molecule has 2 aromatic rings. The number of halogens is 2. The van der Waals surface area contributed by atoms with Crippen LogP contribution in [0, 0.1) is 0 Å². The van der Waals surface area contributed by atoms with Gasteiger partial charge in [0.1, 0.15) is 0 Å². The monoisotopic (exact) mass is 308 g/mol. The molecular weight excluding hydrogens is 295 g/mol. The molecule has 0 saturated heterocycles. The summed E-state index contributed by atoms with van der Waals surface area (Å²) < 4.78 is 0. The van der Waals surface area contributed by atoms with E-state index in [1.807, 2.05) is 36.4 Å². The van der Waals surface area contributed by atoms with Crippen molar-refractivity contribution in [2.75, 3.05) is 17.2 Å². The van der Waals surface area contributed by atoms with Crippen LogP contribution in [0.25, 0.3) is 0 Å². The Hall–Kier alpha value is -1.71. The largest absolute Gasteiger partial charge is 0.384 e. The van der Waals surface area contributed by atoms with Gasteiger partial charge in [-0.05, 0) is 30.3 Å². The molecule has 0 saturated carbocycles. The molecule has 0 aliphatic carbocycles. The Morgan fingerprint density at radius 3 is 2.40 bits per heavy atom. The molecule has 0 aliphatic rings. The van der Waals surface area contributed by atoms with Crippen molar-refractivity contribution in [1.82, 2.24) is 0 Å². The maximum atomic E-state index is 11.7. The van der Waals surface area contributed by atoms with E-state index in [0.717, 1.165) is 11.4 Å². The van der Waals surface area contributed by atoms with E-state index >= 15 is 0 Å². The third kappa shape index (κ3) is 4.44. The lowest BCUT2D eigenvalue weighted by Gasteiger charge is -2.08. The summed E-state index contributed by atoms with van der Waals surface area (Å²) in [7, 11) is 0. The number of nitrogens with one attached hydrogen (secondary N) is 2. The highest BCUT2D eigenvalue weighted by Crippen LogP contribution is 2.24. The Morgan fingerprint density at radius 1 is 0.950 bits per heavy atom. The van der Waals surface area contributed by atoms with Gasteiger partial charge in [-0.25, -0.2) is 0 Å². The maximum absolute atomic E-state index is 11.7. The molecule has 0 heterocycles. The molecule has 0 unspecified atom stereocenters. The fourth-order valence-electron chi connectivity index (χ4n) is 1.67. The Morgan fingerprint density at radius 2 is 1.70 bits per heavy atom. The molecule has 104 valence electrons. The number of amides is 1. The Bertz CT molecular complexity index is 588. The second kappa shape index (κ2) is 7.17. The quantitative estimate of drug-likeness (QED) is 0.857. The topological polar surface area (TPSA) is 41.1 Å². The number of hydrogen-bond donors (Lipinski definition) is 2. The first-order valence-corrected chi connectivity index (χ1v) is 6.94. The first kappa shape index (κ1) is 14.7. The summed E-state index contributed by atoms with van der Waals surface area (Å²) in [5, 5.41) is 6.95. The van der Waals surface area contributed by atoms with Crippen LogP contribution in [-0.2, 0) is 4.79 Å². The second-order valence-electron chi connectivity index (χ2n) is 4.22. The van der Waals surface area contributed by atoms with Crippen LogP contribution in [-0.4, -0.2) is 12.5 Å². The van der Waals surface area contributed by atoms with Crippen LogP contribution in [0.5, 0.6) is 0 Å². The molecule has 2 N–H and O–H groups in total. The van der Waals surface area contributed by atoms with Gasteiger partial charge < -0.3 is 10.6 Å². The lowest BCUT2D eigenvalue weighted by atomic mass is 10.3. The number of carbonyl (C=O) groups excluding carboxylic acids is 1. The van der Waals surface area contributed by atoms with Crippen LogP contribution >= 0.6 is 23.2 Å². The summed E-state index contributed by atoms with van der Waals surface area (Å²) in [4.78, 5) is 11.7. The molecule has 0 bridgehead atoms. The molecule has 2 aromatic carbocycles. The number of hydrogen-bond acceptors (Lipinski definition) is 2. The van der Waals surface area contributed by atoms with Gasteiger partial charge in [0.2, 0.25) is 5.91 Å². The normalized spacial score (nSPS) is 10.1. The minimum atomic E-state index is -0.0382. The molecule has 0 radical (unpaired) electrons. The molecule has 0 fully saturated rings. The Kier molecular flexibility index (Phi) is 5.27. The van der Waals surface area contributed by atoms with Crippen molar-refractivity contribution >= 4 is 40.5 Å². The van der Waals surface area contributed by atoms with Gasteiger partial charge in [-0.3, -0.25) is 4.79 Å². The molecule has 1 amide bonds. The predicted octanol–water partition coefficient (Wildman–Crippen LogP) is 4.43. The Labute approximate surface area is 127 Å². The van der Waals surface area contributed by atoms with Crippen molar-refractivity contribution in [3.05, 3.63) is 58.6 Å². The van der Waals surface area contributed by atoms with Gasteiger partial charge in [0.25, 0.3) is 0 Å². The molecular formula is C15H14Cl2N2O. The van der Waals surface area contributed by atoms with E-state index in [-0.39, 0.29) is 5.91 Å². The van der Waals surface area contributed by atoms with Crippen LogP contribution in [0.2, 0.25) is 10.0 Å². The number of carbonyl (C=O) groups is 1. The van der Waals surface area contributed by atoms with E-state index in [0.29, 0.717) is 23.0 Å². The van der Waals surface area contributed by atoms with Crippen LogP contribution < -0.4 is 10.6 Å². The summed E-state index contributed by atoms with van der Waals surface area (Å²) in [5.41, 5.74) is 1.64. The van der Waals surface area contributed by atoms with Gasteiger partial charge in [0.15, 0.2) is 0 Å². The van der Waals surface area contributed by atoms with E-state index in [2.05, 4.69) is 10.6 Å².